The van der Waals surface area contributed by atoms with E-state index in [0.717, 1.165) is 16.7 Å². The van der Waals surface area contributed by atoms with Gasteiger partial charge in [0.2, 0.25) is 5.88 Å². The summed E-state index contributed by atoms with van der Waals surface area (Å²) in [5, 5.41) is 2.74. The molecule has 2 amide bonds. The zero-order valence-corrected chi connectivity index (χ0v) is 23.8. The van der Waals surface area contributed by atoms with E-state index in [0.29, 0.717) is 47.9 Å². The number of hydrogen-bond donors (Lipinski definition) is 1. The maximum atomic E-state index is 14.5. The van der Waals surface area contributed by atoms with Crippen LogP contribution in [0.3, 0.4) is 0 Å². The van der Waals surface area contributed by atoms with Gasteiger partial charge in [0.1, 0.15) is 22.9 Å². The number of hydrogen-bond acceptors (Lipinski definition) is 7. The quantitative estimate of drug-likeness (QED) is 0.348. The van der Waals surface area contributed by atoms with E-state index in [4.69, 9.17) is 18.9 Å². The topological polar surface area (TPSA) is 99.2 Å². The molecule has 0 fully saturated rings. The summed E-state index contributed by atoms with van der Waals surface area (Å²) in [4.78, 5) is 32.8. The summed E-state index contributed by atoms with van der Waals surface area (Å²) in [7, 11) is 3.05. The van der Waals surface area contributed by atoms with Crippen molar-refractivity contribution in [2.45, 2.75) is 18.9 Å². The van der Waals surface area contributed by atoms with Crippen LogP contribution in [0.15, 0.2) is 72.9 Å². The van der Waals surface area contributed by atoms with Crippen LogP contribution in [0.4, 0.5) is 4.39 Å². The second kappa shape index (κ2) is 12.0. The SMILES string of the molecule is COc1ccc2cc1OCCCNC(=O)c1cc(ccc1F)Oc1ccc3c(c1)CCN(C(=O)c1cccnc1OC)C23. The Hall–Kier alpha value is -5.12. The molecule has 0 saturated heterocycles. The summed E-state index contributed by atoms with van der Waals surface area (Å²) >= 11 is 0. The Morgan fingerprint density at radius 2 is 1.88 bits per heavy atom. The number of rotatable bonds is 3. The molecule has 1 aromatic heterocycles. The lowest BCUT2D eigenvalue weighted by molar-refractivity contribution is 0.0689. The maximum Gasteiger partial charge on any atom is 0.260 e. The van der Waals surface area contributed by atoms with Gasteiger partial charge in [-0.1, -0.05) is 12.1 Å². The van der Waals surface area contributed by atoms with Gasteiger partial charge in [0.15, 0.2) is 11.5 Å². The molecule has 1 atom stereocenters. The third-order valence-corrected chi connectivity index (χ3v) is 7.58. The van der Waals surface area contributed by atoms with Crippen LogP contribution >= 0.6 is 0 Å². The molecule has 0 radical (unpaired) electrons. The van der Waals surface area contributed by atoms with Crippen molar-refractivity contribution >= 4 is 11.8 Å². The molecule has 7 rings (SSSR count). The average molecular weight is 584 g/mol. The Balaban J connectivity index is 1.47. The van der Waals surface area contributed by atoms with E-state index >= 15 is 0 Å². The van der Waals surface area contributed by atoms with Gasteiger partial charge in [-0.15, -0.1) is 0 Å². The van der Waals surface area contributed by atoms with E-state index in [1.807, 2.05) is 35.2 Å². The van der Waals surface area contributed by atoms with Crippen LogP contribution in [0.1, 0.15) is 49.9 Å². The van der Waals surface area contributed by atoms with Gasteiger partial charge in [0.25, 0.3) is 11.8 Å². The lowest BCUT2D eigenvalue weighted by Crippen LogP contribution is -2.40. The van der Waals surface area contributed by atoms with Gasteiger partial charge >= 0.3 is 0 Å². The lowest BCUT2D eigenvalue weighted by atomic mass is 9.87. The van der Waals surface area contributed by atoms with Crippen LogP contribution in [0.25, 0.3) is 0 Å². The third-order valence-electron chi connectivity index (χ3n) is 7.58. The Morgan fingerprint density at radius 1 is 1.05 bits per heavy atom. The van der Waals surface area contributed by atoms with Crippen LogP contribution < -0.4 is 24.3 Å². The summed E-state index contributed by atoms with van der Waals surface area (Å²) in [6, 6.07) is 18.3. The molecule has 0 aliphatic carbocycles. The second-order valence-corrected chi connectivity index (χ2v) is 10.2. The molecule has 8 bridgehead atoms. The molecule has 4 aromatic rings. The van der Waals surface area contributed by atoms with E-state index in [1.165, 1.54) is 25.3 Å². The number of ether oxygens (including phenoxy) is 4. The van der Waals surface area contributed by atoms with Gasteiger partial charge in [0, 0.05) is 19.3 Å². The van der Waals surface area contributed by atoms with E-state index < -0.39 is 17.8 Å². The average Bonchev–Trinajstić information content (AvgIpc) is 3.04. The second-order valence-electron chi connectivity index (χ2n) is 10.2. The predicted octanol–water partition coefficient (Wildman–Crippen LogP) is 5.33. The summed E-state index contributed by atoms with van der Waals surface area (Å²) in [5.41, 5.74) is 3.01. The molecule has 4 heterocycles. The van der Waals surface area contributed by atoms with Crippen molar-refractivity contribution in [1.82, 2.24) is 15.2 Å². The standard InChI is InChI=1S/C33H30FN3O6/c1-40-28-11-6-21-18-29(28)42-16-4-14-35-31(38)26-19-23(8-10-27(26)34)43-22-7-9-24-20(17-22)12-15-37(30(21)24)33(39)25-5-3-13-36-32(25)41-2/h3,5-11,13,17-19,30H,4,12,14-16H2,1-2H3,(H,35,38). The Morgan fingerprint density at radius 3 is 2.72 bits per heavy atom. The number of amides is 2. The fourth-order valence-corrected chi connectivity index (χ4v) is 5.52. The minimum atomic E-state index is -0.639. The predicted molar refractivity (Wildman–Crippen MR) is 156 cm³/mol. The van der Waals surface area contributed by atoms with Gasteiger partial charge in [-0.05, 0) is 84.1 Å². The molecule has 10 heteroatoms. The summed E-state index contributed by atoms with van der Waals surface area (Å²) in [6.45, 7) is 0.959. The van der Waals surface area contributed by atoms with Crippen molar-refractivity contribution in [2.24, 2.45) is 0 Å². The number of nitrogens with one attached hydrogen (secondary N) is 1. The third kappa shape index (κ3) is 5.55. The first kappa shape index (κ1) is 28.0. The molecule has 0 spiro atoms. The minimum Gasteiger partial charge on any atom is -0.493 e. The zero-order valence-electron chi connectivity index (χ0n) is 23.8. The van der Waals surface area contributed by atoms with Crippen LogP contribution in [0.2, 0.25) is 0 Å². The van der Waals surface area contributed by atoms with Crippen LogP contribution in [-0.4, -0.2) is 55.6 Å². The van der Waals surface area contributed by atoms with Gasteiger partial charge in [-0.2, -0.15) is 0 Å². The molecule has 1 unspecified atom stereocenters. The van der Waals surface area contributed by atoms with Crippen molar-refractivity contribution in [3.8, 4) is 28.9 Å². The Bertz CT molecular complexity index is 1690. The molecule has 43 heavy (non-hydrogen) atoms. The smallest absolute Gasteiger partial charge is 0.260 e. The monoisotopic (exact) mass is 583 g/mol. The first-order chi connectivity index (χ1) is 21.0. The fraction of sp³-hybridized carbons (Fsp3) is 0.242. The molecule has 0 saturated carbocycles. The number of aromatic nitrogens is 1. The van der Waals surface area contributed by atoms with Crippen molar-refractivity contribution in [2.75, 3.05) is 33.9 Å². The number of fused-ring (bicyclic) bond motifs is 6. The largest absolute Gasteiger partial charge is 0.493 e. The highest BCUT2D eigenvalue weighted by atomic mass is 19.1. The number of carbonyl (C=O) groups excluding carboxylic acids is 2. The molecule has 220 valence electrons. The van der Waals surface area contributed by atoms with Crippen molar-refractivity contribution in [3.05, 3.63) is 107 Å². The summed E-state index contributed by atoms with van der Waals surface area (Å²) < 4.78 is 37.7. The highest BCUT2D eigenvalue weighted by molar-refractivity contribution is 5.97. The number of pyridine rings is 1. The highest BCUT2D eigenvalue weighted by Gasteiger charge is 2.35. The minimum absolute atomic E-state index is 0.105. The summed E-state index contributed by atoms with van der Waals surface area (Å²) in [6.07, 6.45) is 2.62. The number of methoxy groups -OCH3 is 2. The first-order valence-electron chi connectivity index (χ1n) is 14.0. The molecule has 3 aliphatic rings. The number of benzene rings is 3. The van der Waals surface area contributed by atoms with Crippen LogP contribution in [0.5, 0.6) is 28.9 Å². The Labute approximate surface area is 248 Å². The van der Waals surface area contributed by atoms with E-state index in [1.54, 1.807) is 31.5 Å². The van der Waals surface area contributed by atoms with Crippen molar-refractivity contribution in [3.63, 3.8) is 0 Å². The van der Waals surface area contributed by atoms with E-state index in [-0.39, 0.29) is 30.5 Å². The Kier molecular flexibility index (Phi) is 7.83. The van der Waals surface area contributed by atoms with Crippen LogP contribution in [-0.2, 0) is 6.42 Å². The van der Waals surface area contributed by atoms with E-state index in [9.17, 15) is 14.0 Å². The molecular weight excluding hydrogens is 553 g/mol. The van der Waals surface area contributed by atoms with Gasteiger partial charge in [-0.25, -0.2) is 9.37 Å². The van der Waals surface area contributed by atoms with E-state index in [2.05, 4.69) is 10.3 Å². The van der Waals surface area contributed by atoms with Gasteiger partial charge in [0.05, 0.1) is 32.4 Å². The fourth-order valence-electron chi connectivity index (χ4n) is 5.52. The lowest BCUT2D eigenvalue weighted by Gasteiger charge is -2.38. The molecule has 3 aromatic carbocycles. The molecule has 9 nitrogen and oxygen atoms in total. The number of halogens is 1. The van der Waals surface area contributed by atoms with Gasteiger partial charge < -0.3 is 29.2 Å². The zero-order chi connectivity index (χ0) is 29.9. The number of nitrogens with zero attached hydrogens (tertiary/aromatic N) is 2. The molecule has 3 aliphatic heterocycles. The van der Waals surface area contributed by atoms with Crippen molar-refractivity contribution < 1.29 is 32.9 Å². The molecular formula is C33H30FN3O6. The van der Waals surface area contributed by atoms with Crippen molar-refractivity contribution in [1.29, 1.82) is 0 Å². The molecule has 1 N–H and O–H groups in total. The number of carbonyl (C=O) groups is 2. The highest BCUT2D eigenvalue weighted by Crippen LogP contribution is 2.41. The first-order valence-corrected chi connectivity index (χ1v) is 14.0. The van der Waals surface area contributed by atoms with Gasteiger partial charge in [-0.3, -0.25) is 9.59 Å². The van der Waals surface area contributed by atoms with Crippen LogP contribution in [0, 0.1) is 5.82 Å². The summed E-state index contributed by atoms with van der Waals surface area (Å²) in [5.74, 6) is 0.778. The normalized spacial score (nSPS) is 16.2. The maximum absolute atomic E-state index is 14.5.